The minimum absolute atomic E-state index is 0.0695. The monoisotopic (exact) mass is 357 g/mol. The van der Waals surface area contributed by atoms with E-state index in [1.807, 2.05) is 32.0 Å². The number of carboxylic acid groups (broad SMARTS) is 1. The van der Waals surface area contributed by atoms with Crippen molar-refractivity contribution < 1.29 is 19.8 Å². The first-order valence-corrected chi connectivity index (χ1v) is 8.71. The number of rotatable bonds is 5. The minimum Gasteiger partial charge on any atom is -0.493 e. The van der Waals surface area contributed by atoms with Crippen LogP contribution in [0, 0.1) is 13.8 Å². The number of hydrogen-bond donors (Lipinski definition) is 3. The number of benzene rings is 1. The average Bonchev–Trinajstić information content (AvgIpc) is 3.16. The highest BCUT2D eigenvalue weighted by Crippen LogP contribution is 2.33. The van der Waals surface area contributed by atoms with Crippen LogP contribution in [0.25, 0.3) is 5.69 Å². The van der Waals surface area contributed by atoms with Crippen molar-refractivity contribution in [3.8, 4) is 11.6 Å². The molecule has 26 heavy (non-hydrogen) atoms. The summed E-state index contributed by atoms with van der Waals surface area (Å²) in [6, 6.07) is 7.07. The van der Waals surface area contributed by atoms with E-state index in [2.05, 4.69) is 10.4 Å². The third kappa shape index (κ3) is 3.56. The number of hydrogen-bond acceptors (Lipinski definition) is 4. The predicted octanol–water partition coefficient (Wildman–Crippen LogP) is 2.71. The fourth-order valence-corrected chi connectivity index (χ4v) is 3.60. The highest BCUT2D eigenvalue weighted by molar-refractivity contribution is 5.93. The molecule has 3 rings (SSSR count). The van der Waals surface area contributed by atoms with E-state index < -0.39 is 17.4 Å². The van der Waals surface area contributed by atoms with Gasteiger partial charge in [-0.1, -0.05) is 25.0 Å². The molecule has 0 bridgehead atoms. The lowest BCUT2D eigenvalue weighted by Gasteiger charge is -2.28. The van der Waals surface area contributed by atoms with Crippen LogP contribution in [0.1, 0.15) is 53.7 Å². The van der Waals surface area contributed by atoms with Gasteiger partial charge in [-0.3, -0.25) is 9.59 Å². The molecule has 1 saturated carbocycles. The lowest BCUT2D eigenvalue weighted by atomic mass is 9.93. The Bertz CT molecular complexity index is 850. The normalized spacial score (nSPS) is 15.8. The molecule has 138 valence electrons. The quantitative estimate of drug-likeness (QED) is 0.763. The van der Waals surface area contributed by atoms with Gasteiger partial charge in [0.2, 0.25) is 5.88 Å². The third-order valence-electron chi connectivity index (χ3n) is 4.94. The summed E-state index contributed by atoms with van der Waals surface area (Å²) in [4.78, 5) is 23.8. The van der Waals surface area contributed by atoms with Crippen LogP contribution in [0.3, 0.4) is 0 Å². The van der Waals surface area contributed by atoms with Gasteiger partial charge >= 0.3 is 5.97 Å². The molecule has 1 amide bonds. The Hall–Kier alpha value is -2.83. The van der Waals surface area contributed by atoms with E-state index >= 15 is 0 Å². The van der Waals surface area contributed by atoms with Gasteiger partial charge in [-0.15, -0.1) is 0 Å². The van der Waals surface area contributed by atoms with E-state index in [1.54, 1.807) is 0 Å². The van der Waals surface area contributed by atoms with Crippen molar-refractivity contribution in [1.29, 1.82) is 0 Å². The molecule has 1 aliphatic carbocycles. The Morgan fingerprint density at radius 1 is 1.23 bits per heavy atom. The number of nitrogens with one attached hydrogen (secondary N) is 1. The van der Waals surface area contributed by atoms with Crippen molar-refractivity contribution >= 4 is 11.9 Å². The number of aromatic nitrogens is 2. The summed E-state index contributed by atoms with van der Waals surface area (Å²) in [5, 5.41) is 26.5. The van der Waals surface area contributed by atoms with Gasteiger partial charge in [-0.25, -0.2) is 4.68 Å². The first-order valence-electron chi connectivity index (χ1n) is 8.71. The fourth-order valence-electron chi connectivity index (χ4n) is 3.60. The maximum atomic E-state index is 12.6. The van der Waals surface area contributed by atoms with Crippen LogP contribution >= 0.6 is 0 Å². The number of aliphatic carboxylic acids is 1. The second-order valence-electron chi connectivity index (χ2n) is 7.10. The van der Waals surface area contributed by atoms with Crippen LogP contribution in [-0.4, -0.2) is 37.4 Å². The van der Waals surface area contributed by atoms with E-state index in [0.29, 0.717) is 18.5 Å². The maximum absolute atomic E-state index is 12.6. The molecule has 0 saturated heterocycles. The van der Waals surface area contributed by atoms with Gasteiger partial charge < -0.3 is 15.5 Å². The van der Waals surface area contributed by atoms with Gasteiger partial charge in [0.05, 0.1) is 17.6 Å². The van der Waals surface area contributed by atoms with Crippen molar-refractivity contribution in [1.82, 2.24) is 15.1 Å². The summed E-state index contributed by atoms with van der Waals surface area (Å²) in [5.41, 5.74) is 1.96. The van der Waals surface area contributed by atoms with Gasteiger partial charge in [0.15, 0.2) is 5.69 Å². The highest BCUT2D eigenvalue weighted by Gasteiger charge is 2.38. The molecular formula is C19H23N3O4. The summed E-state index contributed by atoms with van der Waals surface area (Å²) in [5.74, 6) is -1.54. The molecule has 1 heterocycles. The van der Waals surface area contributed by atoms with E-state index in [1.165, 1.54) is 10.7 Å². The number of amides is 1. The SMILES string of the molecule is Cc1ccc(C)c(-n2nc(C(=O)NC3(CC(=O)O)CCCC3)cc2O)c1. The highest BCUT2D eigenvalue weighted by atomic mass is 16.4. The molecular weight excluding hydrogens is 334 g/mol. The molecule has 0 radical (unpaired) electrons. The molecule has 1 aromatic heterocycles. The van der Waals surface area contributed by atoms with Crippen LogP contribution in [0.15, 0.2) is 24.3 Å². The molecule has 3 N–H and O–H groups in total. The van der Waals surface area contributed by atoms with Crippen molar-refractivity contribution in [2.24, 2.45) is 0 Å². The lowest BCUT2D eigenvalue weighted by Crippen LogP contribution is -2.48. The van der Waals surface area contributed by atoms with Gasteiger partial charge in [0, 0.05) is 6.07 Å². The van der Waals surface area contributed by atoms with Crippen LogP contribution in [0.4, 0.5) is 0 Å². The molecule has 0 aliphatic heterocycles. The molecule has 1 aliphatic rings. The van der Waals surface area contributed by atoms with Gasteiger partial charge in [-0.2, -0.15) is 5.10 Å². The summed E-state index contributed by atoms with van der Waals surface area (Å²) in [6.07, 6.45) is 2.93. The Morgan fingerprint density at radius 2 is 1.92 bits per heavy atom. The number of carboxylic acids is 1. The van der Waals surface area contributed by atoms with E-state index in [0.717, 1.165) is 24.0 Å². The Kier molecular flexibility index (Phi) is 4.71. The van der Waals surface area contributed by atoms with E-state index in [-0.39, 0.29) is 18.0 Å². The van der Waals surface area contributed by atoms with Crippen molar-refractivity contribution in [2.45, 2.75) is 51.5 Å². The first-order chi connectivity index (χ1) is 12.3. The van der Waals surface area contributed by atoms with Crippen LogP contribution in [0.2, 0.25) is 0 Å². The molecule has 0 atom stereocenters. The molecule has 0 unspecified atom stereocenters. The maximum Gasteiger partial charge on any atom is 0.305 e. The number of carbonyl (C=O) groups excluding carboxylic acids is 1. The lowest BCUT2D eigenvalue weighted by molar-refractivity contribution is -0.138. The zero-order chi connectivity index (χ0) is 18.9. The summed E-state index contributed by atoms with van der Waals surface area (Å²) in [7, 11) is 0. The summed E-state index contributed by atoms with van der Waals surface area (Å²) >= 11 is 0. The number of nitrogens with zero attached hydrogens (tertiary/aromatic N) is 2. The summed E-state index contributed by atoms with van der Waals surface area (Å²) < 4.78 is 1.33. The predicted molar refractivity (Wildman–Crippen MR) is 95.6 cm³/mol. The molecule has 7 heteroatoms. The van der Waals surface area contributed by atoms with Gasteiger partial charge in [0.25, 0.3) is 5.91 Å². The second-order valence-corrected chi connectivity index (χ2v) is 7.10. The van der Waals surface area contributed by atoms with Gasteiger partial charge in [0.1, 0.15) is 0 Å². The van der Waals surface area contributed by atoms with E-state index in [4.69, 9.17) is 5.11 Å². The average molecular weight is 357 g/mol. The molecule has 1 aromatic carbocycles. The topological polar surface area (TPSA) is 104 Å². The molecule has 1 fully saturated rings. The third-order valence-corrected chi connectivity index (χ3v) is 4.94. The van der Waals surface area contributed by atoms with Crippen LogP contribution in [-0.2, 0) is 4.79 Å². The second kappa shape index (κ2) is 6.82. The fraction of sp³-hybridized carbons (Fsp3) is 0.421. The molecule has 0 spiro atoms. The largest absolute Gasteiger partial charge is 0.493 e. The van der Waals surface area contributed by atoms with Crippen LogP contribution in [0.5, 0.6) is 5.88 Å². The van der Waals surface area contributed by atoms with E-state index in [9.17, 15) is 14.7 Å². The smallest absolute Gasteiger partial charge is 0.305 e. The zero-order valence-electron chi connectivity index (χ0n) is 15.0. The summed E-state index contributed by atoms with van der Waals surface area (Å²) in [6.45, 7) is 3.84. The Labute approximate surface area is 151 Å². The zero-order valence-corrected chi connectivity index (χ0v) is 15.0. The number of aryl methyl sites for hydroxylation is 2. The van der Waals surface area contributed by atoms with Gasteiger partial charge in [-0.05, 0) is 43.9 Å². The van der Waals surface area contributed by atoms with Crippen molar-refractivity contribution in [2.75, 3.05) is 0 Å². The minimum atomic E-state index is -0.934. The Balaban J connectivity index is 1.87. The van der Waals surface area contributed by atoms with Crippen molar-refractivity contribution in [3.05, 3.63) is 41.1 Å². The number of carbonyl (C=O) groups is 2. The molecule has 7 nitrogen and oxygen atoms in total. The van der Waals surface area contributed by atoms with Crippen LogP contribution < -0.4 is 5.32 Å². The first kappa shape index (κ1) is 18.0. The van der Waals surface area contributed by atoms with Crippen molar-refractivity contribution in [3.63, 3.8) is 0 Å². The number of aromatic hydroxyl groups is 1. The Morgan fingerprint density at radius 3 is 2.58 bits per heavy atom. The standard InChI is InChI=1S/C19H23N3O4/c1-12-5-6-13(2)15(9-12)22-16(23)10-14(21-22)18(26)20-19(11-17(24)25)7-3-4-8-19/h5-6,9-10,23H,3-4,7-8,11H2,1-2H3,(H,20,26)(H,24,25). The molecule has 2 aromatic rings.